The maximum atomic E-state index is 13.8. The van der Waals surface area contributed by atoms with Crippen LogP contribution in [0.1, 0.15) is 80.8 Å². The smallest absolute Gasteiger partial charge is 0.276 e. The molecular formula is C42H49FN6O7. The van der Waals surface area contributed by atoms with Crippen LogP contribution < -0.4 is 25.7 Å². The Hall–Kier alpha value is -5.08. The molecule has 3 amide bonds. The number of pyridine rings is 1. The van der Waals surface area contributed by atoms with Gasteiger partial charge in [0.05, 0.1) is 36.4 Å². The molecule has 2 N–H and O–H groups in total. The van der Waals surface area contributed by atoms with E-state index in [0.717, 1.165) is 50.8 Å². The third-order valence-electron chi connectivity index (χ3n) is 11.3. The Kier molecular flexibility index (Phi) is 10.9. The van der Waals surface area contributed by atoms with Gasteiger partial charge in [0.15, 0.2) is 6.10 Å². The predicted octanol–water partition coefficient (Wildman–Crippen LogP) is 4.67. The zero-order valence-electron chi connectivity index (χ0n) is 31.8. The van der Waals surface area contributed by atoms with Gasteiger partial charge in [-0.15, -0.1) is 0 Å². The van der Waals surface area contributed by atoms with Gasteiger partial charge in [-0.05, 0) is 87.8 Å². The second-order valence-corrected chi connectivity index (χ2v) is 15.9. The van der Waals surface area contributed by atoms with Crippen molar-refractivity contribution in [3.63, 3.8) is 0 Å². The van der Waals surface area contributed by atoms with Crippen LogP contribution in [-0.2, 0) is 20.7 Å². The number of morpholine rings is 1. The largest absolute Gasteiger partial charge is 0.490 e. The van der Waals surface area contributed by atoms with Gasteiger partial charge >= 0.3 is 0 Å². The second-order valence-electron chi connectivity index (χ2n) is 15.9. The summed E-state index contributed by atoms with van der Waals surface area (Å²) < 4.78 is 34.6. The zero-order chi connectivity index (χ0) is 38.9. The Morgan fingerprint density at radius 1 is 1.07 bits per heavy atom. The summed E-state index contributed by atoms with van der Waals surface area (Å²) in [5.74, 6) is 0.684. The van der Waals surface area contributed by atoms with Gasteiger partial charge in [-0.1, -0.05) is 12.1 Å². The summed E-state index contributed by atoms with van der Waals surface area (Å²) in [6.45, 7) is 7.02. The van der Waals surface area contributed by atoms with Gasteiger partial charge in [0.25, 0.3) is 17.4 Å². The Balaban J connectivity index is 0.872. The number of amides is 3. The first-order valence-electron chi connectivity index (χ1n) is 19.9. The summed E-state index contributed by atoms with van der Waals surface area (Å²) in [5.41, 5.74) is 2.16. The fourth-order valence-corrected chi connectivity index (χ4v) is 8.21. The topological polar surface area (TPSA) is 146 Å². The number of nitrogens with zero attached hydrogens (tertiary/aromatic N) is 4. The van der Waals surface area contributed by atoms with E-state index in [0.29, 0.717) is 65.6 Å². The maximum Gasteiger partial charge on any atom is 0.276 e. The Bertz CT molecular complexity index is 2140. The van der Waals surface area contributed by atoms with Gasteiger partial charge in [0.2, 0.25) is 5.91 Å². The van der Waals surface area contributed by atoms with E-state index in [9.17, 15) is 23.6 Å². The van der Waals surface area contributed by atoms with E-state index in [4.69, 9.17) is 14.2 Å². The first-order chi connectivity index (χ1) is 27.1. The van der Waals surface area contributed by atoms with Crippen LogP contribution in [0.5, 0.6) is 11.5 Å². The van der Waals surface area contributed by atoms with E-state index < -0.39 is 24.2 Å². The maximum absolute atomic E-state index is 13.8. The molecule has 4 aliphatic rings. The lowest BCUT2D eigenvalue weighted by molar-refractivity contribution is -0.138. The zero-order valence-corrected chi connectivity index (χ0v) is 31.8. The number of fused-ring (bicyclic) bond motifs is 1. The van der Waals surface area contributed by atoms with E-state index in [1.54, 1.807) is 36.7 Å². The molecule has 8 rings (SSSR count). The number of hydrogen-bond acceptors (Lipinski definition) is 9. The molecule has 2 saturated carbocycles. The van der Waals surface area contributed by atoms with Crippen LogP contribution in [0.25, 0.3) is 16.6 Å². The summed E-state index contributed by atoms with van der Waals surface area (Å²) in [6.07, 6.45) is 7.06. The highest BCUT2D eigenvalue weighted by atomic mass is 19.1. The van der Waals surface area contributed by atoms with Crippen LogP contribution in [0.15, 0.2) is 65.7 Å². The standard InChI is InChI=1S/C42H49FN6O7/c1-25(2)55-38-21-34-28(23-49(46-34)35-4-3-15-48(42(35)53)36-20-33(36)43)19-32(38)40(51)44-29-9-5-27(6-10-29)22-47-16-17-54-24-30(47)18-26-7-11-31(12-8-26)56-37-13-14-39(50)45-41(37)52/h3-4,7-8,11-12,15,19,21,23,25,27,29-30,33,36-37H,5-6,9-10,13-14,16-18,20,22,24H2,1-2H3,(H,44,51)(H,45,50,52)/t27?,29?,30-,33+,36-,37-/m0/s1. The average molecular weight is 769 g/mol. The quantitative estimate of drug-likeness (QED) is 0.197. The first-order valence-corrected chi connectivity index (χ1v) is 19.9. The van der Waals surface area contributed by atoms with E-state index in [1.807, 2.05) is 38.1 Å². The molecule has 0 spiro atoms. The summed E-state index contributed by atoms with van der Waals surface area (Å²) in [4.78, 5) is 53.1. The van der Waals surface area contributed by atoms with Gasteiger partial charge in [-0.25, -0.2) is 9.07 Å². The van der Waals surface area contributed by atoms with Crippen LogP contribution in [0.4, 0.5) is 4.39 Å². The summed E-state index contributed by atoms with van der Waals surface area (Å²) in [5, 5.41) is 10.9. The van der Waals surface area contributed by atoms with Crippen LogP contribution in [0, 0.1) is 5.92 Å². The third kappa shape index (κ3) is 8.51. The number of alkyl halides is 1. The van der Waals surface area contributed by atoms with Crippen LogP contribution in [0.2, 0.25) is 0 Å². The van der Waals surface area contributed by atoms with Crippen molar-refractivity contribution >= 4 is 28.6 Å². The van der Waals surface area contributed by atoms with Crippen molar-refractivity contribution < 1.29 is 33.0 Å². The van der Waals surface area contributed by atoms with Gasteiger partial charge in [0, 0.05) is 68.3 Å². The van der Waals surface area contributed by atoms with Crippen molar-refractivity contribution in [2.75, 3.05) is 26.3 Å². The SMILES string of the molecule is CC(C)Oc1cc2nn(-c3cccn([C@H]4C[C@H]4F)c3=O)cc2cc1C(=O)NC1CCC(CN2CCOC[C@@H]2Cc2ccc(O[C@H]3CCC(=O)NC3=O)cc2)CC1. The second kappa shape index (κ2) is 16.2. The van der Waals surface area contributed by atoms with Gasteiger partial charge in [-0.3, -0.25) is 29.4 Å². The number of hydrogen-bond donors (Lipinski definition) is 2. The number of benzene rings is 2. The normalized spacial score (nSPS) is 25.6. The lowest BCUT2D eigenvalue weighted by atomic mass is 9.85. The Labute approximate surface area is 324 Å². The van der Waals surface area contributed by atoms with Crippen LogP contribution in [0.3, 0.4) is 0 Å². The molecule has 2 saturated heterocycles. The monoisotopic (exact) mass is 768 g/mol. The minimum Gasteiger partial charge on any atom is -0.490 e. The van der Waals surface area contributed by atoms with Crippen molar-refractivity contribution in [1.29, 1.82) is 0 Å². The molecule has 2 aliphatic heterocycles. The minimum absolute atomic E-state index is 0.0370. The fraction of sp³-hybridized carbons (Fsp3) is 0.500. The molecule has 2 aliphatic carbocycles. The molecule has 4 atom stereocenters. The van der Waals surface area contributed by atoms with Crippen molar-refractivity contribution in [3.8, 4) is 17.2 Å². The number of rotatable bonds is 12. The first kappa shape index (κ1) is 37.8. The molecule has 296 valence electrons. The van der Waals surface area contributed by atoms with Crippen molar-refractivity contribution in [1.82, 2.24) is 29.9 Å². The average Bonchev–Trinajstić information content (AvgIpc) is 3.76. The molecule has 13 nitrogen and oxygen atoms in total. The molecule has 14 heteroatoms. The number of carbonyl (C=O) groups excluding carboxylic acids is 3. The van der Waals surface area contributed by atoms with Gasteiger partial charge in [0.1, 0.15) is 23.4 Å². The molecular weight excluding hydrogens is 719 g/mol. The Morgan fingerprint density at radius 3 is 2.59 bits per heavy atom. The molecule has 4 aromatic rings. The molecule has 0 bridgehead atoms. The minimum atomic E-state index is -1.01. The number of carbonyl (C=O) groups is 3. The number of ether oxygens (including phenoxy) is 3. The van der Waals surface area contributed by atoms with Gasteiger partial charge in [-0.2, -0.15) is 5.10 Å². The number of aromatic nitrogens is 3. The number of nitrogens with one attached hydrogen (secondary N) is 2. The number of piperidine rings is 1. The Morgan fingerprint density at radius 2 is 1.86 bits per heavy atom. The predicted molar refractivity (Wildman–Crippen MR) is 206 cm³/mol. The molecule has 4 fully saturated rings. The van der Waals surface area contributed by atoms with Crippen molar-refractivity contribution in [3.05, 3.63) is 82.4 Å². The van der Waals surface area contributed by atoms with E-state index in [2.05, 4.69) is 20.6 Å². The van der Waals surface area contributed by atoms with E-state index >= 15 is 0 Å². The van der Waals surface area contributed by atoms with E-state index in [1.165, 1.54) is 9.25 Å². The molecule has 56 heavy (non-hydrogen) atoms. The molecule has 0 unspecified atom stereocenters. The highest BCUT2D eigenvalue weighted by molar-refractivity contribution is 6.01. The summed E-state index contributed by atoms with van der Waals surface area (Å²) in [7, 11) is 0. The highest BCUT2D eigenvalue weighted by Crippen LogP contribution is 2.38. The lowest BCUT2D eigenvalue weighted by Gasteiger charge is -2.39. The highest BCUT2D eigenvalue weighted by Gasteiger charge is 2.40. The molecule has 2 aromatic carbocycles. The number of halogens is 1. The summed E-state index contributed by atoms with van der Waals surface area (Å²) in [6, 6.07) is 14.6. The van der Waals surface area contributed by atoms with Crippen LogP contribution >= 0.6 is 0 Å². The van der Waals surface area contributed by atoms with Gasteiger partial charge < -0.3 is 24.1 Å². The van der Waals surface area contributed by atoms with Crippen molar-refractivity contribution in [2.24, 2.45) is 5.92 Å². The summed E-state index contributed by atoms with van der Waals surface area (Å²) >= 11 is 0. The molecule has 4 heterocycles. The molecule has 0 radical (unpaired) electrons. The van der Waals surface area contributed by atoms with E-state index in [-0.39, 0.29) is 42.0 Å². The lowest BCUT2D eigenvalue weighted by Crippen LogP contribution is -2.49. The molecule has 2 aromatic heterocycles. The number of imide groups is 1. The van der Waals surface area contributed by atoms with Crippen molar-refractivity contribution in [2.45, 2.75) is 102 Å². The fourth-order valence-electron chi connectivity index (χ4n) is 8.21. The third-order valence-corrected chi connectivity index (χ3v) is 11.3. The van der Waals surface area contributed by atoms with Crippen LogP contribution in [-0.4, -0.2) is 93.7 Å².